The highest BCUT2D eigenvalue weighted by Crippen LogP contribution is 2.40. The second-order valence-electron chi connectivity index (χ2n) is 7.38. The molecule has 2 saturated heterocycles. The Bertz CT molecular complexity index is 288. The molecule has 2 aliphatic heterocycles. The first-order valence-electron chi connectivity index (χ1n) is 7.49. The van der Waals surface area contributed by atoms with Crippen LogP contribution in [-0.2, 0) is 0 Å². The zero-order chi connectivity index (χ0) is 13.4. The molecule has 18 heavy (non-hydrogen) atoms. The Morgan fingerprint density at radius 2 is 2.11 bits per heavy atom. The van der Waals surface area contributed by atoms with Crippen LogP contribution in [0.1, 0.15) is 39.5 Å². The van der Waals surface area contributed by atoms with Gasteiger partial charge >= 0.3 is 0 Å². The predicted molar refractivity (Wildman–Crippen MR) is 79.4 cm³/mol. The third kappa shape index (κ3) is 3.16. The summed E-state index contributed by atoms with van der Waals surface area (Å²) in [6.45, 7) is 12.3. The average molecular weight is 270 g/mol. The topological polar surface area (TPSA) is 35.5 Å². The Hall–Kier alpha value is 0.0969. The molecule has 0 spiro atoms. The van der Waals surface area contributed by atoms with Crippen molar-refractivity contribution in [1.82, 2.24) is 10.2 Å². The van der Waals surface area contributed by atoms with E-state index >= 15 is 0 Å². The third-order valence-electron chi connectivity index (χ3n) is 5.37. The molecule has 3 nitrogen and oxygen atoms in total. The number of nitrogens with zero attached hydrogens (tertiary/aromatic N) is 1. The molecule has 2 atom stereocenters. The lowest BCUT2D eigenvalue weighted by atomic mass is 9.99. The Kier molecular flexibility index (Phi) is 4.22. The zero-order valence-corrected chi connectivity index (χ0v) is 13.5. The second-order valence-corrected chi connectivity index (χ2v) is 11.8. The van der Waals surface area contributed by atoms with Crippen LogP contribution in [0, 0.1) is 0 Å². The van der Waals surface area contributed by atoms with Crippen molar-refractivity contribution >= 4 is 8.32 Å². The van der Waals surface area contributed by atoms with Crippen LogP contribution in [0.15, 0.2) is 0 Å². The van der Waals surface area contributed by atoms with Crippen LogP contribution in [0.5, 0.6) is 0 Å². The number of piperazine rings is 1. The van der Waals surface area contributed by atoms with Gasteiger partial charge < -0.3 is 10.1 Å². The molecule has 0 aromatic carbocycles. The quantitative estimate of drug-likeness (QED) is 0.769. The molecule has 0 aromatic heterocycles. The van der Waals surface area contributed by atoms with Crippen molar-refractivity contribution < 1.29 is 4.80 Å². The lowest BCUT2D eigenvalue weighted by Crippen LogP contribution is -2.54. The maximum absolute atomic E-state index is 10.3. The van der Waals surface area contributed by atoms with Gasteiger partial charge in [0, 0.05) is 25.2 Å². The Morgan fingerprint density at radius 3 is 2.78 bits per heavy atom. The fourth-order valence-corrected chi connectivity index (χ4v) is 3.81. The Morgan fingerprint density at radius 1 is 1.39 bits per heavy atom. The van der Waals surface area contributed by atoms with Crippen molar-refractivity contribution in [2.24, 2.45) is 0 Å². The molecule has 4 heteroatoms. The number of fused-ring (bicyclic) bond motifs is 1. The standard InChI is InChI=1S/C14H30N2OSi/c1-14(2,18(3,4)17)8-7-12-11-16-9-5-6-13(16)10-15-12/h12-13,15,17H,5-11H2,1-4H3/t12-,13-/m0/s1. The minimum absolute atomic E-state index is 0.122. The van der Waals surface area contributed by atoms with E-state index in [2.05, 4.69) is 37.2 Å². The molecule has 2 aliphatic rings. The van der Waals surface area contributed by atoms with Gasteiger partial charge in [0.15, 0.2) is 8.32 Å². The van der Waals surface area contributed by atoms with Gasteiger partial charge in [-0.2, -0.15) is 0 Å². The highest BCUT2D eigenvalue weighted by Gasteiger charge is 2.39. The van der Waals surface area contributed by atoms with E-state index in [0.29, 0.717) is 6.04 Å². The van der Waals surface area contributed by atoms with E-state index in [9.17, 15) is 4.80 Å². The van der Waals surface area contributed by atoms with Crippen molar-refractivity contribution in [3.63, 3.8) is 0 Å². The second kappa shape index (κ2) is 5.23. The summed E-state index contributed by atoms with van der Waals surface area (Å²) in [7, 11) is -2.04. The van der Waals surface area contributed by atoms with Crippen molar-refractivity contribution in [3.8, 4) is 0 Å². The van der Waals surface area contributed by atoms with Crippen molar-refractivity contribution in [1.29, 1.82) is 0 Å². The summed E-state index contributed by atoms with van der Waals surface area (Å²) >= 11 is 0. The molecule has 0 saturated carbocycles. The lowest BCUT2D eigenvalue weighted by Gasteiger charge is -2.39. The summed E-state index contributed by atoms with van der Waals surface area (Å²) in [6, 6.07) is 1.44. The molecule has 0 aliphatic carbocycles. The first-order chi connectivity index (χ1) is 8.29. The van der Waals surface area contributed by atoms with E-state index in [0.717, 1.165) is 12.5 Å². The normalized spacial score (nSPS) is 30.5. The third-order valence-corrected chi connectivity index (χ3v) is 8.93. The van der Waals surface area contributed by atoms with Gasteiger partial charge in [0.1, 0.15) is 0 Å². The first kappa shape index (κ1) is 14.5. The average Bonchev–Trinajstić information content (AvgIpc) is 2.71. The molecule has 0 unspecified atom stereocenters. The molecule has 2 fully saturated rings. The first-order valence-corrected chi connectivity index (χ1v) is 10.4. The highest BCUT2D eigenvalue weighted by molar-refractivity contribution is 6.72. The van der Waals surface area contributed by atoms with Gasteiger partial charge in [-0.15, -0.1) is 0 Å². The van der Waals surface area contributed by atoms with Gasteiger partial charge in [-0.3, -0.25) is 4.90 Å². The van der Waals surface area contributed by atoms with Crippen LogP contribution < -0.4 is 5.32 Å². The summed E-state index contributed by atoms with van der Waals surface area (Å²) in [4.78, 5) is 13.0. The van der Waals surface area contributed by atoms with Gasteiger partial charge in [-0.05, 0) is 50.4 Å². The molecule has 106 valence electrons. The van der Waals surface area contributed by atoms with Gasteiger partial charge in [-0.25, -0.2) is 0 Å². The fraction of sp³-hybridized carbons (Fsp3) is 1.00. The van der Waals surface area contributed by atoms with E-state index in [1.807, 2.05) is 0 Å². The van der Waals surface area contributed by atoms with Gasteiger partial charge in [-0.1, -0.05) is 13.8 Å². The molecule has 2 heterocycles. The molecular weight excluding hydrogens is 240 g/mol. The summed E-state index contributed by atoms with van der Waals surface area (Å²) in [5, 5.41) is 3.83. The Balaban J connectivity index is 1.81. The van der Waals surface area contributed by atoms with Gasteiger partial charge in [0.25, 0.3) is 0 Å². The maximum atomic E-state index is 10.3. The van der Waals surface area contributed by atoms with Crippen LogP contribution in [0.25, 0.3) is 0 Å². The smallest absolute Gasteiger partial charge is 0.188 e. The van der Waals surface area contributed by atoms with Crippen LogP contribution >= 0.6 is 0 Å². The van der Waals surface area contributed by atoms with Crippen LogP contribution in [0.4, 0.5) is 0 Å². The van der Waals surface area contributed by atoms with E-state index in [4.69, 9.17) is 0 Å². The lowest BCUT2D eigenvalue weighted by molar-refractivity contribution is 0.165. The fourth-order valence-electron chi connectivity index (χ4n) is 3.05. The van der Waals surface area contributed by atoms with Crippen LogP contribution in [0.3, 0.4) is 0 Å². The van der Waals surface area contributed by atoms with E-state index in [1.165, 1.54) is 38.9 Å². The van der Waals surface area contributed by atoms with E-state index < -0.39 is 8.32 Å². The monoisotopic (exact) mass is 270 g/mol. The van der Waals surface area contributed by atoms with Gasteiger partial charge in [0.05, 0.1) is 0 Å². The minimum Gasteiger partial charge on any atom is -0.432 e. The number of rotatable bonds is 4. The number of hydrogen-bond donors (Lipinski definition) is 2. The summed E-state index contributed by atoms with van der Waals surface area (Å²) in [5.41, 5.74) is 0. The molecular formula is C14H30N2OSi. The number of nitrogens with one attached hydrogen (secondary N) is 1. The largest absolute Gasteiger partial charge is 0.432 e. The van der Waals surface area contributed by atoms with Crippen molar-refractivity contribution in [2.75, 3.05) is 19.6 Å². The van der Waals surface area contributed by atoms with E-state index in [1.54, 1.807) is 0 Å². The minimum atomic E-state index is -2.04. The molecule has 2 rings (SSSR count). The maximum Gasteiger partial charge on any atom is 0.188 e. The highest BCUT2D eigenvalue weighted by atomic mass is 28.4. The molecule has 2 N–H and O–H groups in total. The summed E-state index contributed by atoms with van der Waals surface area (Å²) in [5.74, 6) is 0. The summed E-state index contributed by atoms with van der Waals surface area (Å²) in [6.07, 6.45) is 5.09. The van der Waals surface area contributed by atoms with Crippen LogP contribution in [-0.4, -0.2) is 49.7 Å². The molecule has 0 amide bonds. The van der Waals surface area contributed by atoms with Crippen LogP contribution in [0.2, 0.25) is 18.1 Å². The zero-order valence-electron chi connectivity index (χ0n) is 12.5. The predicted octanol–water partition coefficient (Wildman–Crippen LogP) is 2.18. The summed E-state index contributed by atoms with van der Waals surface area (Å²) < 4.78 is 0. The molecule has 0 aromatic rings. The van der Waals surface area contributed by atoms with Gasteiger partial charge in [0.2, 0.25) is 0 Å². The molecule has 0 bridgehead atoms. The van der Waals surface area contributed by atoms with Crippen molar-refractivity contribution in [2.45, 2.75) is 69.7 Å². The van der Waals surface area contributed by atoms with Crippen molar-refractivity contribution in [3.05, 3.63) is 0 Å². The number of hydrogen-bond acceptors (Lipinski definition) is 3. The SMILES string of the molecule is CC(C)(CC[C@H]1CN2CCC[C@H]2CN1)[Si](C)(C)O. The molecule has 0 radical (unpaired) electrons. The Labute approximate surface area is 113 Å². The van der Waals surface area contributed by atoms with E-state index in [-0.39, 0.29) is 5.04 Å².